The first-order valence-electron chi connectivity index (χ1n) is 8.39. The number of carbonyl (C=O) groups is 1. The number of urea groups is 1. The summed E-state index contributed by atoms with van der Waals surface area (Å²) in [7, 11) is 1.70. The Balaban J connectivity index is 1.70. The van der Waals surface area contributed by atoms with Crippen molar-refractivity contribution >= 4 is 11.7 Å². The number of nitrogens with zero attached hydrogens (tertiary/aromatic N) is 2. The highest BCUT2D eigenvalue weighted by atomic mass is 16.3. The number of benzene rings is 2. The van der Waals surface area contributed by atoms with Crippen molar-refractivity contribution in [3.63, 3.8) is 0 Å². The number of anilines is 1. The highest BCUT2D eigenvalue weighted by Crippen LogP contribution is 2.22. The van der Waals surface area contributed by atoms with Crippen LogP contribution in [0, 0.1) is 0 Å². The van der Waals surface area contributed by atoms with Crippen LogP contribution >= 0.6 is 0 Å². The minimum atomic E-state index is -0.442. The fraction of sp³-hybridized carbons (Fsp3) is 0.143. The van der Waals surface area contributed by atoms with Crippen molar-refractivity contribution in [2.24, 2.45) is 0 Å². The van der Waals surface area contributed by atoms with Gasteiger partial charge in [-0.1, -0.05) is 42.5 Å². The van der Waals surface area contributed by atoms with E-state index in [0.29, 0.717) is 0 Å². The molecule has 0 fully saturated rings. The molecule has 0 saturated carbocycles. The van der Waals surface area contributed by atoms with Crippen molar-refractivity contribution in [3.8, 4) is 11.1 Å². The van der Waals surface area contributed by atoms with Gasteiger partial charge in [-0.3, -0.25) is 9.88 Å². The fourth-order valence-electron chi connectivity index (χ4n) is 2.70. The zero-order valence-electron chi connectivity index (χ0n) is 14.5. The van der Waals surface area contributed by atoms with Gasteiger partial charge in [0.25, 0.3) is 0 Å². The third kappa shape index (κ3) is 4.07. The highest BCUT2D eigenvalue weighted by molar-refractivity contribution is 5.92. The normalized spacial score (nSPS) is 11.6. The van der Waals surface area contributed by atoms with Crippen LogP contribution in [0.3, 0.4) is 0 Å². The lowest BCUT2D eigenvalue weighted by Crippen LogP contribution is -2.40. The molecule has 0 radical (unpaired) electrons. The molecule has 132 valence electrons. The Morgan fingerprint density at radius 2 is 1.62 bits per heavy atom. The standard InChI is InChI=1S/C21H21N3O2/c1-24(21(26)23-20(15-25)18-5-3-2-4-6-18)19-9-7-16(8-10-19)17-11-13-22-14-12-17/h2-14,20,25H,15H2,1H3,(H,23,26). The molecule has 0 aliphatic rings. The second-order valence-corrected chi connectivity index (χ2v) is 5.94. The molecule has 0 saturated heterocycles. The summed E-state index contributed by atoms with van der Waals surface area (Å²) >= 11 is 0. The number of hydrogen-bond donors (Lipinski definition) is 2. The maximum absolute atomic E-state index is 12.5. The lowest BCUT2D eigenvalue weighted by molar-refractivity contribution is 0.222. The molecule has 3 rings (SSSR count). The Morgan fingerprint density at radius 1 is 1.00 bits per heavy atom. The summed E-state index contributed by atoms with van der Waals surface area (Å²) in [5, 5.41) is 12.5. The van der Waals surface area contributed by atoms with Gasteiger partial charge in [0.05, 0.1) is 12.6 Å². The molecule has 1 aromatic heterocycles. The quantitative estimate of drug-likeness (QED) is 0.741. The molecule has 2 aromatic carbocycles. The number of aliphatic hydroxyl groups excluding tert-OH is 1. The number of nitrogens with one attached hydrogen (secondary N) is 1. The number of amides is 2. The average molecular weight is 347 g/mol. The largest absolute Gasteiger partial charge is 0.394 e. The Kier molecular flexibility index (Phi) is 5.61. The Hall–Kier alpha value is -3.18. The summed E-state index contributed by atoms with van der Waals surface area (Å²) < 4.78 is 0. The van der Waals surface area contributed by atoms with E-state index in [9.17, 15) is 9.90 Å². The maximum Gasteiger partial charge on any atom is 0.322 e. The zero-order chi connectivity index (χ0) is 18.4. The zero-order valence-corrected chi connectivity index (χ0v) is 14.5. The van der Waals surface area contributed by atoms with Gasteiger partial charge in [-0.2, -0.15) is 0 Å². The molecule has 0 aliphatic carbocycles. The summed E-state index contributed by atoms with van der Waals surface area (Å²) in [4.78, 5) is 18.1. The molecule has 1 unspecified atom stereocenters. The van der Waals surface area contributed by atoms with Gasteiger partial charge in [0.2, 0.25) is 0 Å². The number of hydrogen-bond acceptors (Lipinski definition) is 3. The molecule has 5 heteroatoms. The van der Waals surface area contributed by atoms with E-state index >= 15 is 0 Å². The third-order valence-corrected chi connectivity index (χ3v) is 4.26. The molecular formula is C21H21N3O2. The van der Waals surface area contributed by atoms with Crippen LogP contribution in [0.1, 0.15) is 11.6 Å². The minimum absolute atomic E-state index is 0.162. The van der Waals surface area contributed by atoms with Crippen LogP contribution in [0.25, 0.3) is 11.1 Å². The van der Waals surface area contributed by atoms with Crippen LogP contribution in [-0.2, 0) is 0 Å². The second kappa shape index (κ2) is 8.27. The first kappa shape index (κ1) is 17.6. The van der Waals surface area contributed by atoms with Gasteiger partial charge >= 0.3 is 6.03 Å². The van der Waals surface area contributed by atoms with Crippen molar-refractivity contribution < 1.29 is 9.90 Å². The fourth-order valence-corrected chi connectivity index (χ4v) is 2.70. The van der Waals surface area contributed by atoms with E-state index in [1.165, 1.54) is 4.90 Å². The number of aromatic nitrogens is 1. The van der Waals surface area contributed by atoms with E-state index in [2.05, 4.69) is 10.3 Å². The molecule has 3 aromatic rings. The molecule has 2 N–H and O–H groups in total. The smallest absolute Gasteiger partial charge is 0.322 e. The van der Waals surface area contributed by atoms with Crippen molar-refractivity contribution in [3.05, 3.63) is 84.7 Å². The second-order valence-electron chi connectivity index (χ2n) is 5.94. The van der Waals surface area contributed by atoms with E-state index in [1.54, 1.807) is 19.4 Å². The molecule has 2 amide bonds. The van der Waals surface area contributed by atoms with E-state index < -0.39 is 6.04 Å². The first-order chi connectivity index (χ1) is 12.7. The van der Waals surface area contributed by atoms with Crippen LogP contribution in [0.4, 0.5) is 10.5 Å². The van der Waals surface area contributed by atoms with Crippen molar-refractivity contribution in [1.29, 1.82) is 0 Å². The van der Waals surface area contributed by atoms with Crippen LogP contribution in [0.5, 0.6) is 0 Å². The van der Waals surface area contributed by atoms with Gasteiger partial charge in [0.15, 0.2) is 0 Å². The first-order valence-corrected chi connectivity index (χ1v) is 8.39. The van der Waals surface area contributed by atoms with Gasteiger partial charge in [0, 0.05) is 25.1 Å². The third-order valence-electron chi connectivity index (χ3n) is 4.26. The van der Waals surface area contributed by atoms with E-state index in [-0.39, 0.29) is 12.6 Å². The van der Waals surface area contributed by atoms with E-state index in [1.807, 2.05) is 66.7 Å². The van der Waals surface area contributed by atoms with Crippen molar-refractivity contribution in [2.75, 3.05) is 18.6 Å². The molecular weight excluding hydrogens is 326 g/mol. The summed E-state index contributed by atoms with van der Waals surface area (Å²) in [6, 6.07) is 20.3. The topological polar surface area (TPSA) is 65.5 Å². The lowest BCUT2D eigenvalue weighted by Gasteiger charge is -2.23. The molecule has 0 bridgehead atoms. The Labute approximate surface area is 152 Å². The van der Waals surface area contributed by atoms with Crippen LogP contribution in [-0.4, -0.2) is 29.8 Å². The van der Waals surface area contributed by atoms with Crippen molar-refractivity contribution in [1.82, 2.24) is 10.3 Å². The average Bonchev–Trinajstić information content (AvgIpc) is 2.72. The van der Waals surface area contributed by atoms with Crippen LogP contribution in [0.15, 0.2) is 79.1 Å². The SMILES string of the molecule is CN(C(=O)NC(CO)c1ccccc1)c1ccc(-c2ccncc2)cc1. The summed E-state index contributed by atoms with van der Waals surface area (Å²) in [6.45, 7) is -0.162. The Bertz CT molecular complexity index is 836. The number of aliphatic hydroxyl groups is 1. The predicted octanol–water partition coefficient (Wildman–Crippen LogP) is 3.63. The van der Waals surface area contributed by atoms with Gasteiger partial charge < -0.3 is 10.4 Å². The number of carbonyl (C=O) groups excluding carboxylic acids is 1. The van der Waals surface area contributed by atoms with Gasteiger partial charge in [-0.05, 0) is 41.0 Å². The van der Waals surface area contributed by atoms with Crippen molar-refractivity contribution in [2.45, 2.75) is 6.04 Å². The number of rotatable bonds is 5. The highest BCUT2D eigenvalue weighted by Gasteiger charge is 2.17. The minimum Gasteiger partial charge on any atom is -0.394 e. The molecule has 5 nitrogen and oxygen atoms in total. The van der Waals surface area contributed by atoms with E-state index in [0.717, 1.165) is 22.4 Å². The Morgan fingerprint density at radius 3 is 2.23 bits per heavy atom. The maximum atomic E-state index is 12.5. The van der Waals surface area contributed by atoms with Gasteiger partial charge in [-0.15, -0.1) is 0 Å². The molecule has 26 heavy (non-hydrogen) atoms. The molecule has 0 spiro atoms. The van der Waals surface area contributed by atoms with Crippen LogP contribution in [0.2, 0.25) is 0 Å². The van der Waals surface area contributed by atoms with Crippen LogP contribution < -0.4 is 10.2 Å². The predicted molar refractivity (Wildman–Crippen MR) is 103 cm³/mol. The summed E-state index contributed by atoms with van der Waals surface area (Å²) in [5.41, 5.74) is 3.76. The molecule has 1 atom stereocenters. The summed E-state index contributed by atoms with van der Waals surface area (Å²) in [6.07, 6.45) is 3.50. The number of pyridine rings is 1. The summed E-state index contributed by atoms with van der Waals surface area (Å²) in [5.74, 6) is 0. The molecule has 0 aliphatic heterocycles. The van der Waals surface area contributed by atoms with Gasteiger partial charge in [-0.25, -0.2) is 4.79 Å². The monoisotopic (exact) mass is 347 g/mol. The van der Waals surface area contributed by atoms with Gasteiger partial charge in [0.1, 0.15) is 0 Å². The molecule has 1 heterocycles. The lowest BCUT2D eigenvalue weighted by atomic mass is 10.1. The van der Waals surface area contributed by atoms with E-state index in [4.69, 9.17) is 0 Å².